The first-order valence-electron chi connectivity index (χ1n) is 6.46. The van der Waals surface area contributed by atoms with Gasteiger partial charge in [0.25, 0.3) is 0 Å². The fourth-order valence-electron chi connectivity index (χ4n) is 1.96. The minimum absolute atomic E-state index is 0.392. The Bertz CT molecular complexity index is 612. The molecule has 0 amide bonds. The molecule has 112 valence electrons. The largest absolute Gasteiger partial charge is 0.497 e. The monoisotopic (exact) mass is 344 g/mol. The summed E-state index contributed by atoms with van der Waals surface area (Å²) in [6, 6.07) is 11.0. The average Bonchev–Trinajstić information content (AvgIpc) is 2.50. The van der Waals surface area contributed by atoms with Gasteiger partial charge in [0.15, 0.2) is 0 Å². The van der Waals surface area contributed by atoms with Crippen molar-refractivity contribution >= 4 is 34.8 Å². The number of benzene rings is 2. The second-order valence-corrected chi connectivity index (χ2v) is 5.62. The molecule has 0 bridgehead atoms. The molecule has 0 fully saturated rings. The van der Waals surface area contributed by atoms with Gasteiger partial charge in [-0.25, -0.2) is 0 Å². The van der Waals surface area contributed by atoms with Gasteiger partial charge in [0.2, 0.25) is 0 Å². The lowest BCUT2D eigenvalue weighted by Gasteiger charge is -2.15. The number of alkyl halides is 1. The zero-order valence-electron chi connectivity index (χ0n) is 11.7. The first-order valence-corrected chi connectivity index (χ1v) is 7.65. The Morgan fingerprint density at radius 3 is 2.29 bits per heavy atom. The van der Waals surface area contributed by atoms with E-state index in [2.05, 4.69) is 0 Å². The molecular weight excluding hydrogens is 331 g/mol. The summed E-state index contributed by atoms with van der Waals surface area (Å²) >= 11 is 19.0. The van der Waals surface area contributed by atoms with E-state index in [4.69, 9.17) is 44.3 Å². The van der Waals surface area contributed by atoms with Crippen molar-refractivity contribution in [3.63, 3.8) is 0 Å². The Morgan fingerprint density at radius 1 is 1.05 bits per heavy atom. The van der Waals surface area contributed by atoms with E-state index in [-0.39, 0.29) is 0 Å². The molecule has 2 nitrogen and oxygen atoms in total. The maximum Gasteiger partial charge on any atom is 0.139 e. The van der Waals surface area contributed by atoms with Crippen molar-refractivity contribution in [3.8, 4) is 11.5 Å². The number of ether oxygens (including phenoxy) is 2. The fourth-order valence-corrected chi connectivity index (χ4v) is 2.83. The molecule has 0 aliphatic rings. The lowest BCUT2D eigenvalue weighted by molar-refractivity contribution is 0.340. The highest BCUT2D eigenvalue weighted by Crippen LogP contribution is 2.39. The summed E-state index contributed by atoms with van der Waals surface area (Å²) < 4.78 is 10.5. The normalized spacial score (nSPS) is 12.0. The van der Waals surface area contributed by atoms with Gasteiger partial charge in [0.05, 0.1) is 24.1 Å². The SMILES string of the molecule is CCOc1cc(Cl)c(C(Cl)c2ccc(OC)cc2)cc1Cl. The predicted octanol–water partition coefficient (Wildman–Crippen LogP) is 5.73. The summed E-state index contributed by atoms with van der Waals surface area (Å²) in [4.78, 5) is 0. The molecule has 21 heavy (non-hydrogen) atoms. The molecule has 2 aromatic rings. The second-order valence-electron chi connectivity index (χ2n) is 4.37. The number of hydrogen-bond donors (Lipinski definition) is 0. The number of halogens is 3. The molecule has 1 unspecified atom stereocenters. The van der Waals surface area contributed by atoms with Crippen LogP contribution in [0.2, 0.25) is 10.0 Å². The first kappa shape index (κ1) is 16.3. The molecular formula is C16H15Cl3O2. The number of rotatable bonds is 5. The average molecular weight is 346 g/mol. The van der Waals surface area contributed by atoms with E-state index in [1.165, 1.54) is 0 Å². The molecule has 0 saturated heterocycles. The van der Waals surface area contributed by atoms with Gasteiger partial charge in [-0.15, -0.1) is 11.6 Å². The topological polar surface area (TPSA) is 18.5 Å². The van der Waals surface area contributed by atoms with E-state index >= 15 is 0 Å². The van der Waals surface area contributed by atoms with Crippen LogP contribution in [0.25, 0.3) is 0 Å². The van der Waals surface area contributed by atoms with Crippen molar-refractivity contribution in [2.45, 2.75) is 12.3 Å². The van der Waals surface area contributed by atoms with Gasteiger partial charge in [-0.3, -0.25) is 0 Å². The molecule has 1 atom stereocenters. The molecule has 0 saturated carbocycles. The van der Waals surface area contributed by atoms with Crippen LogP contribution in [0.15, 0.2) is 36.4 Å². The highest BCUT2D eigenvalue weighted by atomic mass is 35.5. The third-order valence-corrected chi connectivity index (χ3v) is 4.14. The molecule has 0 N–H and O–H groups in total. The Hall–Kier alpha value is -1.09. The highest BCUT2D eigenvalue weighted by Gasteiger charge is 2.17. The van der Waals surface area contributed by atoms with Crippen LogP contribution in [-0.4, -0.2) is 13.7 Å². The Morgan fingerprint density at radius 2 is 1.71 bits per heavy atom. The Balaban J connectivity index is 2.33. The third kappa shape index (κ3) is 3.76. The maximum atomic E-state index is 6.51. The van der Waals surface area contributed by atoms with Crippen LogP contribution in [0, 0.1) is 0 Å². The van der Waals surface area contributed by atoms with Crippen molar-refractivity contribution in [1.29, 1.82) is 0 Å². The van der Waals surface area contributed by atoms with Gasteiger partial charge in [-0.1, -0.05) is 35.3 Å². The van der Waals surface area contributed by atoms with E-state index in [0.717, 1.165) is 16.9 Å². The zero-order valence-corrected chi connectivity index (χ0v) is 14.0. The van der Waals surface area contributed by atoms with Crippen molar-refractivity contribution in [2.75, 3.05) is 13.7 Å². The van der Waals surface area contributed by atoms with E-state index in [0.29, 0.717) is 22.4 Å². The summed E-state index contributed by atoms with van der Waals surface area (Å²) in [5, 5.41) is 0.630. The highest BCUT2D eigenvalue weighted by molar-refractivity contribution is 6.36. The van der Waals surface area contributed by atoms with Crippen LogP contribution in [0.5, 0.6) is 11.5 Å². The van der Waals surface area contributed by atoms with Crippen molar-refractivity contribution < 1.29 is 9.47 Å². The van der Waals surface area contributed by atoms with Crippen molar-refractivity contribution in [1.82, 2.24) is 0 Å². The van der Waals surface area contributed by atoms with Gasteiger partial charge in [-0.2, -0.15) is 0 Å². The van der Waals surface area contributed by atoms with Crippen LogP contribution in [0.3, 0.4) is 0 Å². The summed E-state index contributed by atoms with van der Waals surface area (Å²) in [6.45, 7) is 2.41. The summed E-state index contributed by atoms with van der Waals surface area (Å²) in [5.41, 5.74) is 1.66. The van der Waals surface area contributed by atoms with Crippen LogP contribution in [0.4, 0.5) is 0 Å². The predicted molar refractivity (Wildman–Crippen MR) is 88.3 cm³/mol. The molecule has 0 aliphatic carbocycles. The molecule has 2 aromatic carbocycles. The van der Waals surface area contributed by atoms with Crippen LogP contribution < -0.4 is 9.47 Å². The second kappa shape index (κ2) is 7.26. The molecule has 0 spiro atoms. The Labute approximate surface area is 139 Å². The molecule has 0 aromatic heterocycles. The lowest BCUT2D eigenvalue weighted by atomic mass is 10.0. The summed E-state index contributed by atoms with van der Waals surface area (Å²) in [6.07, 6.45) is 0. The fraction of sp³-hybridized carbons (Fsp3) is 0.250. The minimum atomic E-state index is -0.392. The quantitative estimate of drug-likeness (QED) is 0.644. The zero-order chi connectivity index (χ0) is 15.4. The third-order valence-electron chi connectivity index (χ3n) is 3.03. The van der Waals surface area contributed by atoms with E-state index in [1.54, 1.807) is 19.2 Å². The van der Waals surface area contributed by atoms with Crippen LogP contribution in [-0.2, 0) is 0 Å². The van der Waals surface area contributed by atoms with Crippen molar-refractivity contribution in [3.05, 3.63) is 57.6 Å². The van der Waals surface area contributed by atoms with Crippen LogP contribution in [0.1, 0.15) is 23.4 Å². The van der Waals surface area contributed by atoms with Gasteiger partial charge < -0.3 is 9.47 Å². The van der Waals surface area contributed by atoms with E-state index in [9.17, 15) is 0 Å². The Kier molecular flexibility index (Phi) is 5.63. The van der Waals surface area contributed by atoms with Gasteiger partial charge in [0.1, 0.15) is 11.5 Å². The molecule has 2 rings (SSSR count). The van der Waals surface area contributed by atoms with E-state index < -0.39 is 5.38 Å². The van der Waals surface area contributed by atoms with Gasteiger partial charge in [-0.05, 0) is 36.2 Å². The number of hydrogen-bond acceptors (Lipinski definition) is 2. The van der Waals surface area contributed by atoms with Gasteiger partial charge in [0, 0.05) is 11.1 Å². The van der Waals surface area contributed by atoms with E-state index in [1.807, 2.05) is 31.2 Å². The number of methoxy groups -OCH3 is 1. The molecule has 0 aliphatic heterocycles. The first-order chi connectivity index (χ1) is 10.1. The van der Waals surface area contributed by atoms with Crippen LogP contribution >= 0.6 is 34.8 Å². The summed E-state index contributed by atoms with van der Waals surface area (Å²) in [7, 11) is 1.62. The molecule has 0 radical (unpaired) electrons. The maximum absolute atomic E-state index is 6.51. The molecule has 5 heteroatoms. The van der Waals surface area contributed by atoms with Crippen molar-refractivity contribution in [2.24, 2.45) is 0 Å². The minimum Gasteiger partial charge on any atom is -0.497 e. The van der Waals surface area contributed by atoms with Gasteiger partial charge >= 0.3 is 0 Å². The standard InChI is InChI=1S/C16H15Cl3O2/c1-3-21-15-9-13(17)12(8-14(15)18)16(19)10-4-6-11(20-2)7-5-10/h4-9,16H,3H2,1-2H3. The smallest absolute Gasteiger partial charge is 0.139 e. The molecule has 0 heterocycles. The lowest BCUT2D eigenvalue weighted by Crippen LogP contribution is -1.98. The summed E-state index contributed by atoms with van der Waals surface area (Å²) in [5.74, 6) is 1.34.